The summed E-state index contributed by atoms with van der Waals surface area (Å²) >= 11 is 0. The SMILES string of the molecule is c1cc(-c2c3ccccc3c(-c3ccc(-c4ccc5ccccc5c4)cc3)c3ccccc23)cc(-c2cc3c4ccccc4c4ccccc4c3c3ccccc23)c1. The van der Waals surface area contributed by atoms with Gasteiger partial charge in [-0.05, 0) is 138 Å². The van der Waals surface area contributed by atoms with E-state index >= 15 is 0 Å². The third-order valence-corrected chi connectivity index (χ3v) is 12.4. The Bertz CT molecular complexity index is 3550. The largest absolute Gasteiger partial charge is 0.0616 e. The number of rotatable bonds is 4. The van der Waals surface area contributed by atoms with Gasteiger partial charge in [-0.15, -0.1) is 0 Å². The molecule has 0 nitrogen and oxygen atoms in total. The van der Waals surface area contributed by atoms with Gasteiger partial charge < -0.3 is 0 Å². The van der Waals surface area contributed by atoms with Gasteiger partial charge in [0.25, 0.3) is 0 Å². The van der Waals surface area contributed by atoms with Gasteiger partial charge in [0.2, 0.25) is 0 Å². The van der Waals surface area contributed by atoms with Gasteiger partial charge in [-0.3, -0.25) is 0 Å². The molecule has 0 amide bonds. The first-order valence-corrected chi connectivity index (χ1v) is 20.2. The molecule has 0 aromatic heterocycles. The monoisotopic (exact) mass is 732 g/mol. The average Bonchev–Trinajstić information content (AvgIpc) is 3.30. The molecule has 12 aromatic rings. The first-order chi connectivity index (χ1) is 28.8. The average molecular weight is 733 g/mol. The molecule has 0 aliphatic rings. The third-order valence-electron chi connectivity index (χ3n) is 12.4. The van der Waals surface area contributed by atoms with E-state index in [0.29, 0.717) is 0 Å². The zero-order valence-corrected chi connectivity index (χ0v) is 31.8. The van der Waals surface area contributed by atoms with Crippen molar-refractivity contribution in [1.29, 1.82) is 0 Å². The molecule has 58 heavy (non-hydrogen) atoms. The molecular formula is C58H36. The van der Waals surface area contributed by atoms with E-state index in [1.807, 2.05) is 0 Å². The van der Waals surface area contributed by atoms with E-state index in [4.69, 9.17) is 0 Å². The molecule has 0 heterocycles. The summed E-state index contributed by atoms with van der Waals surface area (Å²) in [6, 6.07) is 80.9. The lowest BCUT2D eigenvalue weighted by molar-refractivity contribution is 1.62. The van der Waals surface area contributed by atoms with Crippen LogP contribution in [0, 0.1) is 0 Å². The van der Waals surface area contributed by atoms with E-state index in [9.17, 15) is 0 Å². The van der Waals surface area contributed by atoms with Crippen LogP contribution in [0.4, 0.5) is 0 Å². The second kappa shape index (κ2) is 13.0. The topological polar surface area (TPSA) is 0 Å². The van der Waals surface area contributed by atoms with Crippen LogP contribution >= 0.6 is 0 Å². The number of benzene rings is 12. The van der Waals surface area contributed by atoms with E-state index in [1.54, 1.807) is 0 Å². The summed E-state index contributed by atoms with van der Waals surface area (Å²) in [7, 11) is 0. The van der Waals surface area contributed by atoms with Gasteiger partial charge in [0.05, 0.1) is 0 Å². The Morgan fingerprint density at radius 3 is 1.26 bits per heavy atom. The van der Waals surface area contributed by atoms with Crippen molar-refractivity contribution in [2.24, 2.45) is 0 Å². The number of hydrogen-bond acceptors (Lipinski definition) is 0. The summed E-state index contributed by atoms with van der Waals surface area (Å²) in [6.45, 7) is 0. The van der Waals surface area contributed by atoms with Crippen molar-refractivity contribution in [2.45, 2.75) is 0 Å². The van der Waals surface area contributed by atoms with Crippen molar-refractivity contribution >= 4 is 75.4 Å². The predicted molar refractivity (Wildman–Crippen MR) is 251 cm³/mol. The second-order valence-electron chi connectivity index (χ2n) is 15.5. The first kappa shape index (κ1) is 32.7. The third kappa shape index (κ3) is 5.02. The molecule has 0 radical (unpaired) electrons. The Balaban J connectivity index is 1.06. The van der Waals surface area contributed by atoms with Crippen LogP contribution in [0.1, 0.15) is 0 Å². The lowest BCUT2D eigenvalue weighted by Crippen LogP contribution is -1.92. The summed E-state index contributed by atoms with van der Waals surface area (Å²) < 4.78 is 0. The maximum Gasteiger partial charge on any atom is -0.00199 e. The highest BCUT2D eigenvalue weighted by atomic mass is 14.2. The van der Waals surface area contributed by atoms with Crippen LogP contribution in [-0.2, 0) is 0 Å². The predicted octanol–water partition coefficient (Wildman–Crippen LogP) is 16.4. The Labute approximate surface area is 336 Å². The van der Waals surface area contributed by atoms with Gasteiger partial charge in [0.1, 0.15) is 0 Å². The summed E-state index contributed by atoms with van der Waals surface area (Å²) in [6.07, 6.45) is 0. The van der Waals surface area contributed by atoms with Crippen molar-refractivity contribution in [3.8, 4) is 44.5 Å². The molecule has 0 heteroatoms. The normalized spacial score (nSPS) is 11.8. The highest BCUT2D eigenvalue weighted by Gasteiger charge is 2.19. The van der Waals surface area contributed by atoms with Crippen LogP contribution in [0.3, 0.4) is 0 Å². The smallest absolute Gasteiger partial charge is 0.00199 e. The molecule has 0 aliphatic carbocycles. The molecule has 12 rings (SSSR count). The quantitative estimate of drug-likeness (QED) is 0.125. The molecule has 0 unspecified atom stereocenters. The molecule has 0 N–H and O–H groups in total. The second-order valence-corrected chi connectivity index (χ2v) is 15.5. The van der Waals surface area contributed by atoms with Gasteiger partial charge in [-0.2, -0.15) is 0 Å². The highest BCUT2D eigenvalue weighted by molar-refractivity contribution is 6.33. The molecule has 0 saturated carbocycles. The van der Waals surface area contributed by atoms with Crippen LogP contribution in [0.2, 0.25) is 0 Å². The van der Waals surface area contributed by atoms with Crippen LogP contribution in [0.25, 0.3) is 120 Å². The van der Waals surface area contributed by atoms with Crippen molar-refractivity contribution in [2.75, 3.05) is 0 Å². The molecule has 268 valence electrons. The van der Waals surface area contributed by atoms with Gasteiger partial charge in [0.15, 0.2) is 0 Å². The molecular weight excluding hydrogens is 697 g/mol. The van der Waals surface area contributed by atoms with E-state index < -0.39 is 0 Å². The molecule has 0 fully saturated rings. The summed E-state index contributed by atoms with van der Waals surface area (Å²) in [5, 5.41) is 17.9. The molecule has 0 saturated heterocycles. The minimum absolute atomic E-state index is 1.22. The van der Waals surface area contributed by atoms with Crippen LogP contribution in [0.15, 0.2) is 218 Å². The fourth-order valence-corrected chi connectivity index (χ4v) is 9.80. The standard InChI is InChI=1S/C58H36/c1-2-15-40-34-41(33-30-37(40)14-1)38-28-31-39(32-29-38)56-50-24-9-11-26-52(50)57(53-27-12-10-25-51(53)56)43-17-13-16-42(35-43)54-36-55-46-20-4-3-18-44(46)45-19-5-7-22-48(45)58(55)49-23-8-6-21-47(49)54/h1-36H. The van der Waals surface area contributed by atoms with Crippen LogP contribution in [0.5, 0.6) is 0 Å². The van der Waals surface area contributed by atoms with E-state index in [1.165, 1.54) is 120 Å². The summed E-state index contributed by atoms with van der Waals surface area (Å²) in [4.78, 5) is 0. The minimum atomic E-state index is 1.22. The maximum atomic E-state index is 2.45. The highest BCUT2D eigenvalue weighted by Crippen LogP contribution is 2.46. The van der Waals surface area contributed by atoms with E-state index in [-0.39, 0.29) is 0 Å². The van der Waals surface area contributed by atoms with Crippen molar-refractivity contribution < 1.29 is 0 Å². The van der Waals surface area contributed by atoms with Gasteiger partial charge in [-0.1, -0.05) is 200 Å². The molecule has 0 atom stereocenters. The Morgan fingerprint density at radius 2 is 0.621 bits per heavy atom. The lowest BCUT2D eigenvalue weighted by atomic mass is 9.84. The van der Waals surface area contributed by atoms with Crippen LogP contribution < -0.4 is 0 Å². The fourth-order valence-electron chi connectivity index (χ4n) is 9.80. The van der Waals surface area contributed by atoms with Crippen LogP contribution in [-0.4, -0.2) is 0 Å². The van der Waals surface area contributed by atoms with Gasteiger partial charge in [0, 0.05) is 0 Å². The van der Waals surface area contributed by atoms with Gasteiger partial charge >= 0.3 is 0 Å². The zero-order valence-electron chi connectivity index (χ0n) is 31.8. The van der Waals surface area contributed by atoms with Gasteiger partial charge in [-0.25, -0.2) is 0 Å². The molecule has 12 aromatic carbocycles. The Kier molecular flexibility index (Phi) is 7.33. The fraction of sp³-hybridized carbons (Fsp3) is 0. The maximum absolute atomic E-state index is 2.45. The van der Waals surface area contributed by atoms with E-state index in [0.717, 1.165) is 0 Å². The van der Waals surface area contributed by atoms with Crippen molar-refractivity contribution in [1.82, 2.24) is 0 Å². The zero-order chi connectivity index (χ0) is 38.2. The minimum Gasteiger partial charge on any atom is -0.0616 e. The lowest BCUT2D eigenvalue weighted by Gasteiger charge is -2.19. The van der Waals surface area contributed by atoms with E-state index in [2.05, 4.69) is 218 Å². The molecule has 0 spiro atoms. The number of fused-ring (bicyclic) bond motifs is 11. The summed E-state index contributed by atoms with van der Waals surface area (Å²) in [5.74, 6) is 0. The first-order valence-electron chi connectivity index (χ1n) is 20.2. The van der Waals surface area contributed by atoms with Crippen molar-refractivity contribution in [3.05, 3.63) is 218 Å². The van der Waals surface area contributed by atoms with Crippen molar-refractivity contribution in [3.63, 3.8) is 0 Å². The Hall–Kier alpha value is -7.54. The summed E-state index contributed by atoms with van der Waals surface area (Å²) in [5.41, 5.74) is 9.91. The Morgan fingerprint density at radius 1 is 0.190 bits per heavy atom. The molecule has 0 bridgehead atoms. The molecule has 0 aliphatic heterocycles. The number of hydrogen-bond donors (Lipinski definition) is 0.